The highest BCUT2D eigenvalue weighted by Gasteiger charge is 2.21. The lowest BCUT2D eigenvalue weighted by Crippen LogP contribution is -2.10. The molecule has 12 aromatic carbocycles. The van der Waals surface area contributed by atoms with Gasteiger partial charge in [0.15, 0.2) is 0 Å². The van der Waals surface area contributed by atoms with Gasteiger partial charge in [0.05, 0.1) is 11.0 Å². The second-order valence-corrected chi connectivity index (χ2v) is 17.7. The molecule has 0 bridgehead atoms. The molecule has 0 amide bonds. The molecule has 0 spiro atoms. The minimum Gasteiger partial charge on any atom is -0.310 e. The Bertz CT molecular complexity index is 4000. The van der Waals surface area contributed by atoms with E-state index in [-0.39, 0.29) is 0 Å². The largest absolute Gasteiger partial charge is 0.310 e. The van der Waals surface area contributed by atoms with Crippen molar-refractivity contribution in [3.05, 3.63) is 267 Å². The molecule has 0 saturated heterocycles. The van der Waals surface area contributed by atoms with Crippen molar-refractivity contribution >= 4 is 71.2 Å². The fraction of sp³-hybridized carbons (Fsp3) is 0. The maximum Gasteiger partial charge on any atom is 0.0553 e. The molecule has 0 saturated carbocycles. The summed E-state index contributed by atoms with van der Waals surface area (Å²) in [6, 6.07) is 97.5. The lowest BCUT2D eigenvalue weighted by molar-refractivity contribution is 1.18. The van der Waals surface area contributed by atoms with E-state index in [1.54, 1.807) is 0 Å². The normalized spacial score (nSPS) is 11.5. The fourth-order valence-corrected chi connectivity index (χ4v) is 10.6. The fourth-order valence-electron chi connectivity index (χ4n) is 10.6. The summed E-state index contributed by atoms with van der Waals surface area (Å²) in [7, 11) is 0. The van der Waals surface area contributed by atoms with E-state index in [1.165, 1.54) is 98.6 Å². The lowest BCUT2D eigenvalue weighted by Gasteiger charge is -2.27. The summed E-state index contributed by atoms with van der Waals surface area (Å²) in [6.45, 7) is 0. The van der Waals surface area contributed by atoms with Gasteiger partial charge in [-0.3, -0.25) is 0 Å². The summed E-state index contributed by atoms with van der Waals surface area (Å²) in [5, 5.41) is 9.97. The van der Waals surface area contributed by atoms with Gasteiger partial charge in [0.2, 0.25) is 0 Å². The van der Waals surface area contributed by atoms with Crippen molar-refractivity contribution in [1.82, 2.24) is 4.57 Å². The van der Waals surface area contributed by atoms with Gasteiger partial charge < -0.3 is 9.47 Å². The van der Waals surface area contributed by atoms with Gasteiger partial charge in [0.25, 0.3) is 0 Å². The molecular formula is C66H44N2. The van der Waals surface area contributed by atoms with Gasteiger partial charge >= 0.3 is 0 Å². The number of aromatic nitrogens is 1. The molecule has 13 rings (SSSR count). The molecule has 318 valence electrons. The van der Waals surface area contributed by atoms with Gasteiger partial charge in [-0.2, -0.15) is 0 Å². The quantitative estimate of drug-likeness (QED) is 0.138. The molecule has 0 radical (unpaired) electrons. The first-order chi connectivity index (χ1) is 33.7. The van der Waals surface area contributed by atoms with Crippen LogP contribution in [0.1, 0.15) is 0 Å². The van der Waals surface area contributed by atoms with Crippen LogP contribution in [0.15, 0.2) is 267 Å². The van der Waals surface area contributed by atoms with Crippen LogP contribution in [0.5, 0.6) is 0 Å². The molecule has 0 atom stereocenters. The first kappa shape index (κ1) is 39.4. The zero-order valence-electron chi connectivity index (χ0n) is 37.3. The predicted octanol–water partition coefficient (Wildman–Crippen LogP) is 18.4. The zero-order chi connectivity index (χ0) is 45.0. The Morgan fingerprint density at radius 2 is 0.779 bits per heavy atom. The van der Waals surface area contributed by atoms with Gasteiger partial charge in [-0.1, -0.05) is 194 Å². The first-order valence-electron chi connectivity index (χ1n) is 23.4. The first-order valence-corrected chi connectivity index (χ1v) is 23.4. The van der Waals surface area contributed by atoms with E-state index >= 15 is 0 Å². The van der Waals surface area contributed by atoms with Crippen LogP contribution < -0.4 is 4.90 Å². The average Bonchev–Trinajstić information content (AvgIpc) is 3.74. The highest BCUT2D eigenvalue weighted by Crippen LogP contribution is 2.46. The molecule has 1 heterocycles. The van der Waals surface area contributed by atoms with Crippen molar-refractivity contribution in [2.45, 2.75) is 0 Å². The third-order valence-corrected chi connectivity index (χ3v) is 13.7. The second-order valence-electron chi connectivity index (χ2n) is 17.7. The molecule has 0 aliphatic carbocycles. The van der Waals surface area contributed by atoms with Crippen LogP contribution >= 0.6 is 0 Å². The Kier molecular flexibility index (Phi) is 9.54. The maximum absolute atomic E-state index is 2.42. The van der Waals surface area contributed by atoms with Crippen molar-refractivity contribution in [3.8, 4) is 50.2 Å². The number of hydrogen-bond acceptors (Lipinski definition) is 1. The Labute approximate surface area is 395 Å². The Hall–Kier alpha value is -8.98. The second kappa shape index (κ2) is 16.5. The molecular weight excluding hydrogens is 821 g/mol. The standard InChI is InChI=1S/C66H44N2/c1-3-17-45(18-4-1)48-21-15-22-49(41-48)46-33-37-54(38-34-46)67(55-39-35-47(36-40-55)62-43-50-19-7-9-27-57(50)59-29-11-12-30-60(59)62)56-26-16-23-52(42-56)65-58-28-10-8-20-51(58)44-64-66(65)61-31-13-14-32-63(61)68(64)53-24-5-2-6-25-53/h1-44H. The average molecular weight is 865 g/mol. The van der Waals surface area contributed by atoms with Crippen LogP contribution in [-0.2, 0) is 0 Å². The van der Waals surface area contributed by atoms with Crippen LogP contribution in [0.25, 0.3) is 104 Å². The summed E-state index contributed by atoms with van der Waals surface area (Å²) in [5.41, 5.74) is 16.4. The van der Waals surface area contributed by atoms with Crippen LogP contribution in [0.2, 0.25) is 0 Å². The molecule has 68 heavy (non-hydrogen) atoms. The van der Waals surface area contributed by atoms with Gasteiger partial charge in [-0.15, -0.1) is 0 Å². The zero-order valence-corrected chi connectivity index (χ0v) is 37.3. The molecule has 2 heteroatoms. The van der Waals surface area contributed by atoms with E-state index in [0.717, 1.165) is 22.7 Å². The number of para-hydroxylation sites is 2. The van der Waals surface area contributed by atoms with Gasteiger partial charge in [0.1, 0.15) is 0 Å². The monoisotopic (exact) mass is 864 g/mol. The SMILES string of the molecule is c1ccc(-c2cccc(-c3ccc(N(c4ccc(-c5cc6ccccc6c6ccccc56)cc4)c4cccc(-c5c6ccccc6cc6c5c5ccccc5n6-c5ccccc5)c4)cc3)c2)cc1. The molecule has 0 aliphatic heterocycles. The van der Waals surface area contributed by atoms with Crippen LogP contribution in [0, 0.1) is 0 Å². The van der Waals surface area contributed by atoms with Crippen LogP contribution in [-0.4, -0.2) is 4.57 Å². The summed E-state index contributed by atoms with van der Waals surface area (Å²) in [5.74, 6) is 0. The number of benzene rings is 12. The maximum atomic E-state index is 2.42. The van der Waals surface area contributed by atoms with Gasteiger partial charge in [-0.05, 0) is 150 Å². The minimum absolute atomic E-state index is 1.08. The molecule has 0 fully saturated rings. The summed E-state index contributed by atoms with van der Waals surface area (Å²) in [6.07, 6.45) is 0. The van der Waals surface area contributed by atoms with Crippen LogP contribution in [0.4, 0.5) is 17.1 Å². The predicted molar refractivity (Wildman–Crippen MR) is 290 cm³/mol. The van der Waals surface area contributed by atoms with E-state index in [1.807, 2.05) is 0 Å². The van der Waals surface area contributed by atoms with Crippen molar-refractivity contribution in [1.29, 1.82) is 0 Å². The molecule has 2 nitrogen and oxygen atoms in total. The number of rotatable bonds is 8. The molecule has 0 unspecified atom stereocenters. The molecule has 0 N–H and O–H groups in total. The summed E-state index contributed by atoms with van der Waals surface area (Å²) < 4.78 is 2.42. The van der Waals surface area contributed by atoms with E-state index in [2.05, 4.69) is 276 Å². The number of fused-ring (bicyclic) bond motifs is 7. The highest BCUT2D eigenvalue weighted by atomic mass is 15.1. The van der Waals surface area contributed by atoms with Gasteiger partial charge in [0, 0.05) is 33.5 Å². The Morgan fingerprint density at radius 1 is 0.265 bits per heavy atom. The molecule has 1 aromatic heterocycles. The van der Waals surface area contributed by atoms with E-state index in [9.17, 15) is 0 Å². The van der Waals surface area contributed by atoms with Crippen LogP contribution in [0.3, 0.4) is 0 Å². The molecule has 13 aromatic rings. The highest BCUT2D eigenvalue weighted by molar-refractivity contribution is 6.23. The van der Waals surface area contributed by atoms with Gasteiger partial charge in [-0.25, -0.2) is 0 Å². The molecule has 0 aliphatic rings. The summed E-state index contributed by atoms with van der Waals surface area (Å²) in [4.78, 5) is 2.41. The van der Waals surface area contributed by atoms with E-state index in [0.29, 0.717) is 0 Å². The number of hydrogen-bond donors (Lipinski definition) is 0. The van der Waals surface area contributed by atoms with Crippen molar-refractivity contribution < 1.29 is 0 Å². The Morgan fingerprint density at radius 3 is 1.50 bits per heavy atom. The Balaban J connectivity index is 0.985. The van der Waals surface area contributed by atoms with Crippen molar-refractivity contribution in [3.63, 3.8) is 0 Å². The summed E-state index contributed by atoms with van der Waals surface area (Å²) >= 11 is 0. The third-order valence-electron chi connectivity index (χ3n) is 13.7. The van der Waals surface area contributed by atoms with E-state index in [4.69, 9.17) is 0 Å². The number of nitrogens with zero attached hydrogens (tertiary/aromatic N) is 2. The third kappa shape index (κ3) is 6.73. The lowest BCUT2D eigenvalue weighted by atomic mass is 9.92. The smallest absolute Gasteiger partial charge is 0.0553 e. The van der Waals surface area contributed by atoms with E-state index < -0.39 is 0 Å². The minimum atomic E-state index is 1.08. The number of anilines is 3. The van der Waals surface area contributed by atoms with Crippen molar-refractivity contribution in [2.24, 2.45) is 0 Å². The van der Waals surface area contributed by atoms with Crippen molar-refractivity contribution in [2.75, 3.05) is 4.90 Å². The topological polar surface area (TPSA) is 8.17 Å².